The zero-order valence-corrected chi connectivity index (χ0v) is 17.0. The fraction of sp³-hybridized carbons (Fsp3) is 0.381. The van der Waals surface area contributed by atoms with Crippen LogP contribution in [0, 0.1) is 12.7 Å². The second kappa shape index (κ2) is 8.41. The predicted octanol–water partition coefficient (Wildman–Crippen LogP) is 3.58. The molecule has 1 heterocycles. The fourth-order valence-electron chi connectivity index (χ4n) is 3.43. The van der Waals surface area contributed by atoms with Gasteiger partial charge in [-0.1, -0.05) is 30.7 Å². The third-order valence-corrected chi connectivity index (χ3v) is 7.12. The predicted molar refractivity (Wildman–Crippen MR) is 106 cm³/mol. The van der Waals surface area contributed by atoms with Crippen LogP contribution in [-0.4, -0.2) is 43.7 Å². The van der Waals surface area contributed by atoms with Gasteiger partial charge in [-0.25, -0.2) is 12.8 Å². The van der Waals surface area contributed by atoms with Crippen LogP contribution in [0.2, 0.25) is 0 Å². The van der Waals surface area contributed by atoms with Crippen molar-refractivity contribution in [3.8, 4) is 0 Å². The van der Waals surface area contributed by atoms with Crippen LogP contribution < -0.4 is 0 Å². The number of aryl methyl sites for hydroxylation is 1. The van der Waals surface area contributed by atoms with E-state index in [1.807, 2.05) is 0 Å². The third kappa shape index (κ3) is 4.25. The van der Waals surface area contributed by atoms with Crippen molar-refractivity contribution in [1.82, 2.24) is 9.21 Å². The van der Waals surface area contributed by atoms with Gasteiger partial charge >= 0.3 is 0 Å². The van der Waals surface area contributed by atoms with Crippen molar-refractivity contribution in [3.63, 3.8) is 0 Å². The monoisotopic (exact) mass is 404 g/mol. The Morgan fingerprint density at radius 1 is 1.11 bits per heavy atom. The maximum Gasteiger partial charge on any atom is 0.253 e. The van der Waals surface area contributed by atoms with Gasteiger partial charge in [-0.3, -0.25) is 4.79 Å². The first-order valence-corrected chi connectivity index (χ1v) is 10.8. The number of sulfonamides is 1. The Labute approximate surface area is 165 Å². The van der Waals surface area contributed by atoms with Crippen LogP contribution >= 0.6 is 0 Å². The van der Waals surface area contributed by atoms with Crippen LogP contribution in [0.4, 0.5) is 4.39 Å². The van der Waals surface area contributed by atoms with Gasteiger partial charge in [0.2, 0.25) is 10.0 Å². The SMILES string of the molecule is Cc1ccc(C(=O)N(C)Cc2ccccc2F)cc1S(=O)(=O)N1CCCCC1. The Kier molecular flexibility index (Phi) is 6.15. The summed E-state index contributed by atoms with van der Waals surface area (Å²) in [5.74, 6) is -0.724. The third-order valence-electron chi connectivity index (χ3n) is 5.08. The van der Waals surface area contributed by atoms with E-state index in [-0.39, 0.29) is 28.7 Å². The van der Waals surface area contributed by atoms with E-state index in [2.05, 4.69) is 0 Å². The Morgan fingerprint density at radius 2 is 1.79 bits per heavy atom. The van der Waals surface area contributed by atoms with Crippen molar-refractivity contribution >= 4 is 15.9 Å². The molecule has 0 aliphatic carbocycles. The molecule has 0 aromatic heterocycles. The summed E-state index contributed by atoms with van der Waals surface area (Å²) < 4.78 is 41.4. The highest BCUT2D eigenvalue weighted by Gasteiger charge is 2.28. The van der Waals surface area contributed by atoms with Gasteiger partial charge in [0.25, 0.3) is 5.91 Å². The van der Waals surface area contributed by atoms with Crippen LogP contribution in [-0.2, 0) is 16.6 Å². The lowest BCUT2D eigenvalue weighted by Crippen LogP contribution is -2.36. The van der Waals surface area contributed by atoms with Gasteiger partial charge in [-0.05, 0) is 43.5 Å². The van der Waals surface area contributed by atoms with Crippen molar-refractivity contribution in [3.05, 3.63) is 65.0 Å². The molecular weight excluding hydrogens is 379 g/mol. The Bertz CT molecular complexity index is 969. The molecule has 1 aliphatic heterocycles. The molecule has 0 unspecified atom stereocenters. The van der Waals surface area contributed by atoms with Gasteiger partial charge < -0.3 is 4.90 Å². The number of amides is 1. The number of rotatable bonds is 5. The molecule has 0 spiro atoms. The number of piperidine rings is 1. The summed E-state index contributed by atoms with van der Waals surface area (Å²) in [6, 6.07) is 11.0. The number of halogens is 1. The summed E-state index contributed by atoms with van der Waals surface area (Å²) in [7, 11) is -2.06. The van der Waals surface area contributed by atoms with Crippen molar-refractivity contribution in [2.24, 2.45) is 0 Å². The van der Waals surface area contributed by atoms with Crippen molar-refractivity contribution in [2.75, 3.05) is 20.1 Å². The zero-order valence-electron chi connectivity index (χ0n) is 16.2. The molecule has 0 radical (unpaired) electrons. The van der Waals surface area contributed by atoms with E-state index in [1.54, 1.807) is 44.3 Å². The molecular formula is C21H25FN2O3S. The highest BCUT2D eigenvalue weighted by molar-refractivity contribution is 7.89. The maximum atomic E-state index is 13.9. The standard InChI is InChI=1S/C21H25FN2O3S/c1-16-10-11-17(14-20(16)28(26,27)24-12-6-3-7-13-24)21(25)23(2)15-18-8-4-5-9-19(18)22/h4-5,8-11,14H,3,6-7,12-13,15H2,1-2H3. The lowest BCUT2D eigenvalue weighted by Gasteiger charge is -2.27. The summed E-state index contributed by atoms with van der Waals surface area (Å²) in [6.45, 7) is 2.85. The largest absolute Gasteiger partial charge is 0.337 e. The molecule has 28 heavy (non-hydrogen) atoms. The number of hydrogen-bond donors (Lipinski definition) is 0. The molecule has 0 saturated carbocycles. The minimum absolute atomic E-state index is 0.105. The van der Waals surface area contributed by atoms with Crippen molar-refractivity contribution < 1.29 is 17.6 Å². The van der Waals surface area contributed by atoms with Crippen LogP contribution in [0.15, 0.2) is 47.4 Å². The van der Waals surface area contributed by atoms with Gasteiger partial charge in [0.05, 0.1) is 4.90 Å². The van der Waals surface area contributed by atoms with Crippen LogP contribution in [0.1, 0.15) is 40.7 Å². The number of benzene rings is 2. The first kappa shape index (κ1) is 20.5. The second-order valence-corrected chi connectivity index (χ2v) is 9.10. The summed E-state index contributed by atoms with van der Waals surface area (Å²) in [5.41, 5.74) is 1.30. The molecule has 0 atom stereocenters. The summed E-state index contributed by atoms with van der Waals surface area (Å²) in [4.78, 5) is 14.4. The lowest BCUT2D eigenvalue weighted by molar-refractivity contribution is 0.0783. The van der Waals surface area contributed by atoms with Gasteiger partial charge in [0, 0.05) is 37.8 Å². The molecule has 0 bridgehead atoms. The number of carbonyl (C=O) groups is 1. The quantitative estimate of drug-likeness (QED) is 0.765. The summed E-state index contributed by atoms with van der Waals surface area (Å²) in [6.07, 6.45) is 2.73. The lowest BCUT2D eigenvalue weighted by atomic mass is 10.1. The van der Waals surface area contributed by atoms with Gasteiger partial charge in [-0.2, -0.15) is 4.31 Å². The zero-order chi connectivity index (χ0) is 20.3. The summed E-state index contributed by atoms with van der Waals surface area (Å²) in [5, 5.41) is 0. The maximum absolute atomic E-state index is 13.9. The molecule has 5 nitrogen and oxygen atoms in total. The van der Waals surface area contributed by atoms with E-state index in [9.17, 15) is 17.6 Å². The normalized spacial score (nSPS) is 15.4. The average Bonchev–Trinajstić information content (AvgIpc) is 2.70. The second-order valence-electron chi connectivity index (χ2n) is 7.20. The van der Waals surface area contributed by atoms with E-state index in [0.29, 0.717) is 24.2 Å². The van der Waals surface area contributed by atoms with E-state index in [4.69, 9.17) is 0 Å². The van der Waals surface area contributed by atoms with Crippen LogP contribution in [0.25, 0.3) is 0 Å². The van der Waals surface area contributed by atoms with Crippen LogP contribution in [0.3, 0.4) is 0 Å². The minimum Gasteiger partial charge on any atom is -0.337 e. The first-order valence-electron chi connectivity index (χ1n) is 9.40. The summed E-state index contributed by atoms with van der Waals surface area (Å²) >= 11 is 0. The minimum atomic E-state index is -3.64. The van der Waals surface area contributed by atoms with E-state index in [1.165, 1.54) is 21.3 Å². The van der Waals surface area contributed by atoms with E-state index in [0.717, 1.165) is 19.3 Å². The van der Waals surface area contributed by atoms with Gasteiger partial charge in [0.15, 0.2) is 0 Å². The number of carbonyl (C=O) groups excluding carboxylic acids is 1. The van der Waals surface area contributed by atoms with Crippen molar-refractivity contribution in [2.45, 2.75) is 37.6 Å². The molecule has 1 fully saturated rings. The smallest absolute Gasteiger partial charge is 0.253 e. The van der Waals surface area contributed by atoms with Gasteiger partial charge in [-0.15, -0.1) is 0 Å². The molecule has 1 saturated heterocycles. The topological polar surface area (TPSA) is 57.7 Å². The molecule has 3 rings (SSSR count). The highest BCUT2D eigenvalue weighted by atomic mass is 32.2. The highest BCUT2D eigenvalue weighted by Crippen LogP contribution is 2.25. The Morgan fingerprint density at radius 3 is 2.46 bits per heavy atom. The number of hydrogen-bond acceptors (Lipinski definition) is 3. The van der Waals surface area contributed by atoms with Crippen LogP contribution in [0.5, 0.6) is 0 Å². The molecule has 2 aromatic rings. The molecule has 1 aliphatic rings. The molecule has 1 amide bonds. The molecule has 150 valence electrons. The molecule has 2 aromatic carbocycles. The van der Waals surface area contributed by atoms with Gasteiger partial charge in [0.1, 0.15) is 5.82 Å². The van der Waals surface area contributed by atoms with E-state index < -0.39 is 10.0 Å². The number of nitrogens with zero attached hydrogens (tertiary/aromatic N) is 2. The van der Waals surface area contributed by atoms with Crippen molar-refractivity contribution in [1.29, 1.82) is 0 Å². The fourth-order valence-corrected chi connectivity index (χ4v) is 5.20. The van der Waals surface area contributed by atoms with E-state index >= 15 is 0 Å². The Balaban J connectivity index is 1.86. The first-order chi connectivity index (χ1) is 13.3. The molecule has 7 heteroatoms. The Hall–Kier alpha value is -2.25. The average molecular weight is 405 g/mol. The molecule has 0 N–H and O–H groups in total.